The van der Waals surface area contributed by atoms with E-state index in [0.717, 1.165) is 19.4 Å². The van der Waals surface area contributed by atoms with Gasteiger partial charge in [0.05, 0.1) is 6.61 Å². The largest absolute Gasteiger partial charge is 0.493 e. The van der Waals surface area contributed by atoms with Crippen LogP contribution in [-0.4, -0.2) is 35.1 Å². The van der Waals surface area contributed by atoms with Gasteiger partial charge in [0.15, 0.2) is 0 Å². The lowest BCUT2D eigenvalue weighted by molar-refractivity contribution is 0.0624. The Kier molecular flexibility index (Phi) is 4.65. The molecule has 0 bridgehead atoms. The summed E-state index contributed by atoms with van der Waals surface area (Å²) in [6, 6.07) is 9.88. The zero-order valence-corrected chi connectivity index (χ0v) is 13.2. The van der Waals surface area contributed by atoms with Crippen molar-refractivity contribution in [3.63, 3.8) is 0 Å². The highest BCUT2D eigenvalue weighted by molar-refractivity contribution is 5.92. The van der Waals surface area contributed by atoms with Crippen molar-refractivity contribution >= 4 is 5.91 Å². The molecule has 0 spiro atoms. The summed E-state index contributed by atoms with van der Waals surface area (Å²) in [5.41, 5.74) is 0.705. The summed E-state index contributed by atoms with van der Waals surface area (Å²) < 4.78 is 20.7. The maximum absolute atomic E-state index is 13.2. The van der Waals surface area contributed by atoms with Crippen LogP contribution in [0.4, 0.5) is 4.39 Å². The number of halogens is 1. The molecule has 0 radical (unpaired) electrons. The monoisotopic (exact) mass is 316 g/mol. The maximum atomic E-state index is 13.2. The molecule has 1 atom stereocenters. The normalized spacial score (nSPS) is 18.0. The molecule has 5 heteroatoms. The molecule has 23 heavy (non-hydrogen) atoms. The van der Waals surface area contributed by atoms with Gasteiger partial charge in [-0.2, -0.15) is 0 Å². The Labute approximate surface area is 135 Å². The first-order valence-electron chi connectivity index (χ1n) is 7.92. The molecule has 1 amide bonds. The Morgan fingerprint density at radius 1 is 1.35 bits per heavy atom. The highest BCUT2D eigenvalue weighted by Crippen LogP contribution is 2.21. The fraction of sp³-hybridized carbons (Fsp3) is 0.389. The fourth-order valence-corrected chi connectivity index (χ4v) is 3.00. The van der Waals surface area contributed by atoms with E-state index in [2.05, 4.69) is 0 Å². The van der Waals surface area contributed by atoms with Crippen LogP contribution in [0.5, 0.6) is 5.75 Å². The molecular formula is C18H21FN2O2. The summed E-state index contributed by atoms with van der Waals surface area (Å²) in [7, 11) is 1.88. The van der Waals surface area contributed by atoms with E-state index >= 15 is 0 Å². The second-order valence-corrected chi connectivity index (χ2v) is 6.03. The van der Waals surface area contributed by atoms with Crippen LogP contribution in [0, 0.1) is 11.7 Å². The van der Waals surface area contributed by atoms with Crippen LogP contribution in [0.2, 0.25) is 0 Å². The second-order valence-electron chi connectivity index (χ2n) is 6.03. The summed E-state index contributed by atoms with van der Waals surface area (Å²) in [5.74, 6) is 0.576. The molecule has 1 aliphatic heterocycles. The highest BCUT2D eigenvalue weighted by atomic mass is 19.1. The van der Waals surface area contributed by atoms with Crippen molar-refractivity contribution in [2.75, 3.05) is 19.7 Å². The first-order chi connectivity index (χ1) is 11.1. The Bertz CT molecular complexity index is 683. The van der Waals surface area contributed by atoms with Gasteiger partial charge < -0.3 is 14.2 Å². The predicted molar refractivity (Wildman–Crippen MR) is 85.9 cm³/mol. The van der Waals surface area contributed by atoms with Crippen LogP contribution < -0.4 is 4.74 Å². The van der Waals surface area contributed by atoms with Gasteiger partial charge in [0.25, 0.3) is 5.91 Å². The number of hydrogen-bond acceptors (Lipinski definition) is 2. The van der Waals surface area contributed by atoms with E-state index in [1.807, 2.05) is 34.8 Å². The Morgan fingerprint density at radius 3 is 2.96 bits per heavy atom. The lowest BCUT2D eigenvalue weighted by Crippen LogP contribution is -2.42. The zero-order chi connectivity index (χ0) is 16.2. The second kappa shape index (κ2) is 6.86. The lowest BCUT2D eigenvalue weighted by Gasteiger charge is -2.32. The molecule has 2 heterocycles. The van der Waals surface area contributed by atoms with Crippen molar-refractivity contribution in [2.24, 2.45) is 13.0 Å². The van der Waals surface area contributed by atoms with Crippen molar-refractivity contribution in [2.45, 2.75) is 12.8 Å². The molecule has 0 aliphatic carbocycles. The number of nitrogens with zero attached hydrogens (tertiary/aromatic N) is 2. The summed E-state index contributed by atoms with van der Waals surface area (Å²) >= 11 is 0. The number of amides is 1. The third-order valence-corrected chi connectivity index (χ3v) is 4.25. The van der Waals surface area contributed by atoms with Crippen LogP contribution >= 0.6 is 0 Å². The van der Waals surface area contributed by atoms with Gasteiger partial charge in [-0.3, -0.25) is 4.79 Å². The average Bonchev–Trinajstić information content (AvgIpc) is 2.99. The summed E-state index contributed by atoms with van der Waals surface area (Å²) in [4.78, 5) is 14.4. The van der Waals surface area contributed by atoms with Gasteiger partial charge in [0.2, 0.25) is 0 Å². The van der Waals surface area contributed by atoms with Crippen molar-refractivity contribution < 1.29 is 13.9 Å². The molecule has 1 aliphatic rings. The molecule has 0 N–H and O–H groups in total. The molecule has 4 nitrogen and oxygen atoms in total. The summed E-state index contributed by atoms with van der Waals surface area (Å²) in [5, 5.41) is 0. The first kappa shape index (κ1) is 15.6. The molecule has 122 valence electrons. The number of aryl methyl sites for hydroxylation is 1. The quantitative estimate of drug-likeness (QED) is 0.869. The van der Waals surface area contributed by atoms with Crippen LogP contribution in [0.1, 0.15) is 23.3 Å². The van der Waals surface area contributed by atoms with Gasteiger partial charge in [-0.05, 0) is 37.1 Å². The zero-order valence-electron chi connectivity index (χ0n) is 13.2. The van der Waals surface area contributed by atoms with Crippen LogP contribution in [-0.2, 0) is 7.05 Å². The van der Waals surface area contributed by atoms with Gasteiger partial charge in [-0.15, -0.1) is 0 Å². The number of aromatic nitrogens is 1. The van der Waals surface area contributed by atoms with Crippen molar-refractivity contribution in [3.05, 3.63) is 54.1 Å². The number of piperidine rings is 1. The van der Waals surface area contributed by atoms with Crippen molar-refractivity contribution in [1.29, 1.82) is 0 Å². The van der Waals surface area contributed by atoms with Gasteiger partial charge in [0, 0.05) is 38.3 Å². The molecule has 3 rings (SSSR count). The third kappa shape index (κ3) is 3.73. The Balaban J connectivity index is 1.58. The molecule has 1 saturated heterocycles. The highest BCUT2D eigenvalue weighted by Gasteiger charge is 2.26. The molecule has 2 aromatic rings. The van der Waals surface area contributed by atoms with Gasteiger partial charge in [0.1, 0.15) is 17.3 Å². The molecule has 1 aromatic heterocycles. The van der Waals surface area contributed by atoms with Crippen molar-refractivity contribution in [1.82, 2.24) is 9.47 Å². The van der Waals surface area contributed by atoms with E-state index < -0.39 is 0 Å². The maximum Gasteiger partial charge on any atom is 0.270 e. The number of ether oxygens (including phenoxy) is 1. The van der Waals surface area contributed by atoms with Crippen LogP contribution in [0.3, 0.4) is 0 Å². The number of hydrogen-bond donors (Lipinski definition) is 0. The molecule has 1 fully saturated rings. The van der Waals surface area contributed by atoms with E-state index in [0.29, 0.717) is 24.6 Å². The van der Waals surface area contributed by atoms with Crippen LogP contribution in [0.25, 0.3) is 0 Å². The minimum Gasteiger partial charge on any atom is -0.493 e. The number of benzene rings is 1. The van der Waals surface area contributed by atoms with E-state index in [1.54, 1.807) is 12.1 Å². The number of rotatable bonds is 4. The number of likely N-dealkylation sites (tertiary alicyclic amines) is 1. The first-order valence-corrected chi connectivity index (χ1v) is 7.92. The SMILES string of the molecule is Cn1cccc1C(=O)N1CCC[C@H](COc2cccc(F)c2)C1. The Hall–Kier alpha value is -2.30. The average molecular weight is 316 g/mol. The van der Waals surface area contributed by atoms with Crippen molar-refractivity contribution in [3.8, 4) is 5.75 Å². The summed E-state index contributed by atoms with van der Waals surface area (Å²) in [6.45, 7) is 1.96. The van der Waals surface area contributed by atoms with E-state index in [9.17, 15) is 9.18 Å². The summed E-state index contributed by atoms with van der Waals surface area (Å²) in [6.07, 6.45) is 3.86. The van der Waals surface area contributed by atoms with E-state index in [4.69, 9.17) is 4.74 Å². The molecular weight excluding hydrogens is 295 g/mol. The Morgan fingerprint density at radius 2 is 2.22 bits per heavy atom. The topological polar surface area (TPSA) is 34.5 Å². The smallest absolute Gasteiger partial charge is 0.270 e. The van der Waals surface area contributed by atoms with Gasteiger partial charge in [-0.25, -0.2) is 4.39 Å². The lowest BCUT2D eigenvalue weighted by atomic mass is 9.98. The molecule has 1 aromatic carbocycles. The molecule has 0 saturated carbocycles. The van der Waals surface area contributed by atoms with Crippen LogP contribution in [0.15, 0.2) is 42.6 Å². The fourth-order valence-electron chi connectivity index (χ4n) is 3.00. The minimum absolute atomic E-state index is 0.0629. The van der Waals surface area contributed by atoms with Gasteiger partial charge >= 0.3 is 0 Å². The van der Waals surface area contributed by atoms with E-state index in [1.165, 1.54) is 12.1 Å². The number of carbonyl (C=O) groups is 1. The van der Waals surface area contributed by atoms with E-state index in [-0.39, 0.29) is 17.6 Å². The standard InChI is InChI=1S/C18H21FN2O2/c1-20-9-4-8-17(20)18(22)21-10-3-5-14(12-21)13-23-16-7-2-6-15(19)11-16/h2,4,6-9,11,14H,3,5,10,12-13H2,1H3/t14-/m0/s1. The third-order valence-electron chi connectivity index (χ3n) is 4.25. The minimum atomic E-state index is -0.299. The van der Waals surface area contributed by atoms with Gasteiger partial charge in [-0.1, -0.05) is 6.07 Å². The number of carbonyl (C=O) groups excluding carboxylic acids is 1. The molecule has 0 unspecified atom stereocenters. The predicted octanol–water partition coefficient (Wildman–Crippen LogP) is 3.10.